The largest absolute Gasteiger partial charge is 0.347 e. The second kappa shape index (κ2) is 7.81. The average molecular weight is 314 g/mol. The van der Waals surface area contributed by atoms with Crippen LogP contribution in [0.1, 0.15) is 30.6 Å². The van der Waals surface area contributed by atoms with Gasteiger partial charge in [0.05, 0.1) is 0 Å². The zero-order valence-corrected chi connectivity index (χ0v) is 13.7. The van der Waals surface area contributed by atoms with E-state index in [-0.39, 0.29) is 5.78 Å². The van der Waals surface area contributed by atoms with E-state index in [0.717, 1.165) is 29.4 Å². The lowest BCUT2D eigenvalue weighted by Crippen LogP contribution is -1.94. The van der Waals surface area contributed by atoms with Crippen LogP contribution >= 0.6 is 11.6 Å². The van der Waals surface area contributed by atoms with Gasteiger partial charge >= 0.3 is 0 Å². The number of halogens is 1. The Morgan fingerprint density at radius 3 is 2.18 bits per heavy atom. The molecule has 0 amide bonds. The van der Waals surface area contributed by atoms with Crippen LogP contribution in [0.25, 0.3) is 10.9 Å². The lowest BCUT2D eigenvalue weighted by molar-refractivity contribution is 0.101. The number of aromatic nitrogens is 1. The molecule has 0 saturated heterocycles. The minimum atomic E-state index is 0.0853. The topological polar surface area (TPSA) is 22.0 Å². The van der Waals surface area contributed by atoms with Gasteiger partial charge in [-0.05, 0) is 31.5 Å². The van der Waals surface area contributed by atoms with E-state index in [4.69, 9.17) is 11.6 Å². The normalized spacial score (nSPS) is 10.1. The standard InChI is InChI=1S/C13H14ClNO.C6H6/c1-3-6-15-8-12(9(2)16)11-7-10(14)4-5-13(11)15;1-2-4-6-5-3-1/h4-5,7-8H,3,6H2,1-2H3;1-6H. The summed E-state index contributed by atoms with van der Waals surface area (Å²) in [6, 6.07) is 17.7. The van der Waals surface area contributed by atoms with Gasteiger partial charge in [0.1, 0.15) is 0 Å². The van der Waals surface area contributed by atoms with Crippen molar-refractivity contribution in [2.45, 2.75) is 26.8 Å². The SMILES string of the molecule is CCCn1cc(C(C)=O)c2cc(Cl)ccc21.c1ccccc1. The molecule has 0 radical (unpaired) electrons. The first-order chi connectivity index (χ1) is 10.6. The van der Waals surface area contributed by atoms with Crippen molar-refractivity contribution < 1.29 is 4.79 Å². The summed E-state index contributed by atoms with van der Waals surface area (Å²) < 4.78 is 2.11. The molecule has 0 unspecified atom stereocenters. The molecule has 1 aromatic heterocycles. The molecule has 0 bridgehead atoms. The molecule has 3 aromatic rings. The number of Topliss-reactive ketones (excluding diaryl/α,β-unsaturated/α-hetero) is 1. The lowest BCUT2D eigenvalue weighted by atomic mass is 10.1. The molecule has 0 atom stereocenters. The van der Waals surface area contributed by atoms with Crippen LogP contribution in [0.2, 0.25) is 5.02 Å². The fraction of sp³-hybridized carbons (Fsp3) is 0.211. The highest BCUT2D eigenvalue weighted by molar-refractivity contribution is 6.31. The number of nitrogens with zero attached hydrogens (tertiary/aromatic N) is 1. The highest BCUT2D eigenvalue weighted by atomic mass is 35.5. The van der Waals surface area contributed by atoms with Gasteiger partial charge in [-0.3, -0.25) is 4.79 Å². The monoisotopic (exact) mass is 313 g/mol. The van der Waals surface area contributed by atoms with Crippen LogP contribution in [0.5, 0.6) is 0 Å². The van der Waals surface area contributed by atoms with Crippen molar-refractivity contribution in [3.63, 3.8) is 0 Å². The second-order valence-corrected chi connectivity index (χ2v) is 5.54. The average Bonchev–Trinajstić information content (AvgIpc) is 2.88. The molecule has 22 heavy (non-hydrogen) atoms. The number of carbonyl (C=O) groups excluding carboxylic acids is 1. The molecule has 114 valence electrons. The Balaban J connectivity index is 0.000000246. The minimum absolute atomic E-state index is 0.0853. The summed E-state index contributed by atoms with van der Waals surface area (Å²) in [5.74, 6) is 0.0853. The highest BCUT2D eigenvalue weighted by Gasteiger charge is 2.11. The van der Waals surface area contributed by atoms with Crippen molar-refractivity contribution in [3.05, 3.63) is 71.4 Å². The summed E-state index contributed by atoms with van der Waals surface area (Å²) in [7, 11) is 0. The number of fused-ring (bicyclic) bond motifs is 1. The van der Waals surface area contributed by atoms with Gasteiger partial charge in [-0.1, -0.05) is 54.9 Å². The summed E-state index contributed by atoms with van der Waals surface area (Å²) in [4.78, 5) is 11.5. The third-order valence-electron chi connectivity index (χ3n) is 3.35. The molecule has 3 heteroatoms. The number of rotatable bonds is 3. The van der Waals surface area contributed by atoms with Crippen LogP contribution < -0.4 is 0 Å². The Hall–Kier alpha value is -2.06. The van der Waals surface area contributed by atoms with Gasteiger partial charge in [0, 0.05) is 34.2 Å². The molecule has 0 aliphatic rings. The molecule has 3 rings (SSSR count). The van der Waals surface area contributed by atoms with Crippen molar-refractivity contribution in [2.24, 2.45) is 0 Å². The Bertz CT molecular complexity index is 720. The fourth-order valence-electron chi connectivity index (χ4n) is 2.36. The van der Waals surface area contributed by atoms with Gasteiger partial charge < -0.3 is 4.57 Å². The first-order valence-corrected chi connectivity index (χ1v) is 7.80. The maximum Gasteiger partial charge on any atom is 0.161 e. The highest BCUT2D eigenvalue weighted by Crippen LogP contribution is 2.25. The second-order valence-electron chi connectivity index (χ2n) is 5.11. The van der Waals surface area contributed by atoms with E-state index >= 15 is 0 Å². The Morgan fingerprint density at radius 1 is 1.09 bits per heavy atom. The zero-order valence-electron chi connectivity index (χ0n) is 12.9. The first kappa shape index (κ1) is 16.3. The van der Waals surface area contributed by atoms with E-state index < -0.39 is 0 Å². The van der Waals surface area contributed by atoms with Crippen molar-refractivity contribution in [1.29, 1.82) is 0 Å². The van der Waals surface area contributed by atoms with Gasteiger partial charge in [0.25, 0.3) is 0 Å². The Labute approximate surface area is 136 Å². The van der Waals surface area contributed by atoms with Gasteiger partial charge in [0.2, 0.25) is 0 Å². The van der Waals surface area contributed by atoms with E-state index in [1.165, 1.54) is 0 Å². The third kappa shape index (κ3) is 3.99. The lowest BCUT2D eigenvalue weighted by Gasteiger charge is -2.01. The molecule has 0 fully saturated rings. The molecule has 2 nitrogen and oxygen atoms in total. The van der Waals surface area contributed by atoms with Gasteiger partial charge in [-0.25, -0.2) is 0 Å². The van der Waals surface area contributed by atoms with Gasteiger partial charge in [0.15, 0.2) is 5.78 Å². The molecule has 0 aliphatic heterocycles. The maximum atomic E-state index is 11.5. The Kier molecular flexibility index (Phi) is 5.79. The predicted molar refractivity (Wildman–Crippen MR) is 93.7 cm³/mol. The van der Waals surface area contributed by atoms with Crippen LogP contribution in [-0.2, 0) is 6.54 Å². The molecule has 0 aliphatic carbocycles. The Morgan fingerprint density at radius 2 is 1.68 bits per heavy atom. The fourth-order valence-corrected chi connectivity index (χ4v) is 2.53. The molecule has 0 saturated carbocycles. The van der Waals surface area contributed by atoms with E-state index in [2.05, 4.69) is 11.5 Å². The minimum Gasteiger partial charge on any atom is -0.347 e. The number of carbonyl (C=O) groups is 1. The quantitative estimate of drug-likeness (QED) is 0.577. The van der Waals surface area contributed by atoms with E-state index in [0.29, 0.717) is 5.02 Å². The van der Waals surface area contributed by atoms with Crippen LogP contribution in [-0.4, -0.2) is 10.4 Å². The first-order valence-electron chi connectivity index (χ1n) is 7.42. The summed E-state index contributed by atoms with van der Waals surface area (Å²) >= 11 is 5.96. The van der Waals surface area contributed by atoms with E-state index in [1.807, 2.05) is 60.8 Å². The number of hydrogen-bond acceptors (Lipinski definition) is 1. The number of benzene rings is 2. The van der Waals surface area contributed by atoms with Crippen LogP contribution in [0, 0.1) is 0 Å². The zero-order chi connectivity index (χ0) is 15.9. The summed E-state index contributed by atoms with van der Waals surface area (Å²) in [6.07, 6.45) is 2.97. The summed E-state index contributed by atoms with van der Waals surface area (Å²) in [5, 5.41) is 1.62. The van der Waals surface area contributed by atoms with Gasteiger partial charge in [-0.2, -0.15) is 0 Å². The predicted octanol–water partition coefficient (Wildman–Crippen LogP) is 5.59. The smallest absolute Gasteiger partial charge is 0.161 e. The van der Waals surface area contributed by atoms with Crippen LogP contribution in [0.15, 0.2) is 60.8 Å². The molecular weight excluding hydrogens is 294 g/mol. The van der Waals surface area contributed by atoms with Crippen LogP contribution in [0.4, 0.5) is 0 Å². The van der Waals surface area contributed by atoms with Crippen molar-refractivity contribution in [1.82, 2.24) is 4.57 Å². The van der Waals surface area contributed by atoms with Crippen LogP contribution in [0.3, 0.4) is 0 Å². The van der Waals surface area contributed by atoms with E-state index in [9.17, 15) is 4.79 Å². The molecule has 2 aromatic carbocycles. The number of ketones is 1. The summed E-state index contributed by atoms with van der Waals surface area (Å²) in [5.41, 5.74) is 1.84. The third-order valence-corrected chi connectivity index (χ3v) is 3.59. The van der Waals surface area contributed by atoms with Crippen molar-refractivity contribution >= 4 is 28.3 Å². The van der Waals surface area contributed by atoms with Crippen molar-refractivity contribution in [3.8, 4) is 0 Å². The molecule has 0 N–H and O–H groups in total. The molecular formula is C19H20ClNO. The van der Waals surface area contributed by atoms with E-state index in [1.54, 1.807) is 6.92 Å². The number of aryl methyl sites for hydroxylation is 1. The summed E-state index contributed by atoms with van der Waals surface area (Å²) in [6.45, 7) is 4.63. The number of hydrogen-bond donors (Lipinski definition) is 0. The molecule has 0 spiro atoms. The maximum absolute atomic E-state index is 11.5. The van der Waals surface area contributed by atoms with Crippen molar-refractivity contribution in [2.75, 3.05) is 0 Å². The van der Waals surface area contributed by atoms with Gasteiger partial charge in [-0.15, -0.1) is 0 Å². The molecule has 1 heterocycles.